The van der Waals surface area contributed by atoms with Crippen molar-refractivity contribution in [2.45, 2.75) is 26.8 Å². The quantitative estimate of drug-likeness (QED) is 0.189. The zero-order chi connectivity index (χ0) is 15.7. The fourth-order valence-corrected chi connectivity index (χ4v) is 1.69. The molecule has 0 unspecified atom stereocenters. The van der Waals surface area contributed by atoms with Gasteiger partial charge < -0.3 is 21.6 Å². The van der Waals surface area contributed by atoms with Gasteiger partial charge in [-0.2, -0.15) is 0 Å². The zero-order valence-electron chi connectivity index (χ0n) is 12.6. The van der Waals surface area contributed by atoms with Crippen LogP contribution in [-0.4, -0.2) is 30.0 Å². The highest BCUT2D eigenvalue weighted by Gasteiger charge is 2.02. The molecule has 0 aromatic heterocycles. The molecule has 0 aliphatic rings. The first kappa shape index (κ1) is 17.0. The van der Waals surface area contributed by atoms with Crippen LogP contribution >= 0.6 is 0 Å². The summed E-state index contributed by atoms with van der Waals surface area (Å²) in [7, 11) is 0. The second kappa shape index (κ2) is 8.97. The Morgan fingerprint density at radius 2 is 2.00 bits per heavy atom. The molecule has 0 aliphatic carbocycles. The van der Waals surface area contributed by atoms with Crippen LogP contribution in [0, 0.1) is 5.92 Å². The summed E-state index contributed by atoms with van der Waals surface area (Å²) < 4.78 is 0. The lowest BCUT2D eigenvalue weighted by Crippen LogP contribution is -2.30. The van der Waals surface area contributed by atoms with Crippen molar-refractivity contribution in [3.63, 3.8) is 0 Å². The average molecular weight is 292 g/mol. The number of amidine groups is 1. The largest absolute Gasteiger partial charge is 0.409 e. The molecule has 0 fully saturated rings. The van der Waals surface area contributed by atoms with E-state index in [0.717, 1.165) is 5.56 Å². The number of nitrogens with zero attached hydrogens (tertiary/aromatic N) is 1. The molecular weight excluding hydrogens is 268 g/mol. The van der Waals surface area contributed by atoms with E-state index in [1.54, 1.807) is 12.1 Å². The lowest BCUT2D eigenvalue weighted by molar-refractivity contribution is -0.121. The molecule has 6 nitrogen and oxygen atoms in total. The van der Waals surface area contributed by atoms with Crippen molar-refractivity contribution >= 4 is 11.7 Å². The minimum absolute atomic E-state index is 0.0680. The van der Waals surface area contributed by atoms with Crippen LogP contribution in [0.25, 0.3) is 0 Å². The Balaban J connectivity index is 2.25. The Morgan fingerprint density at radius 3 is 2.57 bits per heavy atom. The number of hydrogen-bond donors (Lipinski definition) is 4. The first-order chi connectivity index (χ1) is 10.0. The van der Waals surface area contributed by atoms with Crippen molar-refractivity contribution in [3.8, 4) is 0 Å². The van der Waals surface area contributed by atoms with E-state index < -0.39 is 0 Å². The molecule has 0 spiro atoms. The summed E-state index contributed by atoms with van der Waals surface area (Å²) in [5.74, 6) is 0.630. The summed E-state index contributed by atoms with van der Waals surface area (Å²) in [4.78, 5) is 11.5. The standard InChI is InChI=1S/C15H24N4O2/c1-11(2)9-18-14(20)7-8-17-10-12-3-5-13(6-4-12)15(16)19-21/h3-6,11,17,21H,7-10H2,1-2H3,(H2,16,19)(H,18,20). The van der Waals surface area contributed by atoms with Crippen LogP contribution in [0.5, 0.6) is 0 Å². The lowest BCUT2D eigenvalue weighted by Gasteiger charge is -2.08. The number of carbonyl (C=O) groups is 1. The molecule has 5 N–H and O–H groups in total. The fourth-order valence-electron chi connectivity index (χ4n) is 1.69. The van der Waals surface area contributed by atoms with Crippen LogP contribution in [0.15, 0.2) is 29.4 Å². The highest BCUT2D eigenvalue weighted by atomic mass is 16.4. The maximum absolute atomic E-state index is 11.5. The van der Waals surface area contributed by atoms with Gasteiger partial charge in [0.15, 0.2) is 5.84 Å². The van der Waals surface area contributed by atoms with Gasteiger partial charge in [-0.15, -0.1) is 0 Å². The first-order valence-electron chi connectivity index (χ1n) is 7.07. The zero-order valence-corrected chi connectivity index (χ0v) is 12.6. The number of nitrogens with one attached hydrogen (secondary N) is 2. The molecule has 1 aromatic rings. The molecule has 0 saturated carbocycles. The topological polar surface area (TPSA) is 99.7 Å². The molecule has 0 bridgehead atoms. The molecule has 0 heterocycles. The van der Waals surface area contributed by atoms with E-state index in [9.17, 15) is 4.79 Å². The number of rotatable bonds is 8. The van der Waals surface area contributed by atoms with Gasteiger partial charge in [-0.25, -0.2) is 0 Å². The lowest BCUT2D eigenvalue weighted by atomic mass is 10.1. The molecule has 0 aliphatic heterocycles. The van der Waals surface area contributed by atoms with Crippen molar-refractivity contribution in [2.24, 2.45) is 16.8 Å². The van der Waals surface area contributed by atoms with E-state index in [0.29, 0.717) is 37.5 Å². The summed E-state index contributed by atoms with van der Waals surface area (Å²) in [5.41, 5.74) is 7.24. The van der Waals surface area contributed by atoms with Crippen molar-refractivity contribution in [3.05, 3.63) is 35.4 Å². The van der Waals surface area contributed by atoms with E-state index >= 15 is 0 Å². The van der Waals surface area contributed by atoms with Gasteiger partial charge in [0, 0.05) is 31.6 Å². The first-order valence-corrected chi connectivity index (χ1v) is 7.07. The van der Waals surface area contributed by atoms with Crippen LogP contribution in [0.4, 0.5) is 0 Å². The molecule has 6 heteroatoms. The number of hydrogen-bond acceptors (Lipinski definition) is 4. The highest BCUT2D eigenvalue weighted by Crippen LogP contribution is 2.04. The number of oxime groups is 1. The summed E-state index contributed by atoms with van der Waals surface area (Å²) in [6.45, 7) is 6.15. The van der Waals surface area contributed by atoms with Gasteiger partial charge in [0.25, 0.3) is 0 Å². The molecule has 0 saturated heterocycles. The SMILES string of the molecule is CC(C)CNC(=O)CCNCc1ccc(/C(N)=N/O)cc1. The molecule has 1 aromatic carbocycles. The number of carbonyl (C=O) groups excluding carboxylic acids is 1. The normalized spacial score (nSPS) is 11.7. The molecule has 1 rings (SSSR count). The average Bonchev–Trinajstić information content (AvgIpc) is 2.49. The number of amides is 1. The predicted molar refractivity (Wildman–Crippen MR) is 83.1 cm³/mol. The van der Waals surface area contributed by atoms with Gasteiger partial charge in [0.2, 0.25) is 5.91 Å². The fraction of sp³-hybridized carbons (Fsp3) is 0.467. The second-order valence-electron chi connectivity index (χ2n) is 5.31. The Kier molecular flexibility index (Phi) is 7.25. The van der Waals surface area contributed by atoms with E-state index in [2.05, 4.69) is 29.6 Å². The Labute approximate surface area is 125 Å². The Hall–Kier alpha value is -2.08. The number of benzene rings is 1. The van der Waals surface area contributed by atoms with E-state index in [1.165, 1.54) is 0 Å². The van der Waals surface area contributed by atoms with Gasteiger partial charge in [0.05, 0.1) is 0 Å². The predicted octanol–water partition coefficient (Wildman–Crippen LogP) is 1.03. The van der Waals surface area contributed by atoms with Gasteiger partial charge >= 0.3 is 0 Å². The van der Waals surface area contributed by atoms with Crippen LogP contribution in [0.3, 0.4) is 0 Å². The number of nitrogens with two attached hydrogens (primary N) is 1. The van der Waals surface area contributed by atoms with Gasteiger partial charge in [0.1, 0.15) is 0 Å². The molecule has 0 radical (unpaired) electrons. The second-order valence-corrected chi connectivity index (χ2v) is 5.31. The van der Waals surface area contributed by atoms with Crippen LogP contribution in [0.2, 0.25) is 0 Å². The minimum Gasteiger partial charge on any atom is -0.409 e. The van der Waals surface area contributed by atoms with E-state index in [1.807, 2.05) is 12.1 Å². The summed E-state index contributed by atoms with van der Waals surface area (Å²) in [6, 6.07) is 7.39. The van der Waals surface area contributed by atoms with Crippen molar-refractivity contribution in [1.29, 1.82) is 0 Å². The Bertz CT molecular complexity index is 469. The molecule has 0 atom stereocenters. The molecule has 116 valence electrons. The van der Waals surface area contributed by atoms with Gasteiger partial charge in [-0.1, -0.05) is 43.3 Å². The van der Waals surface area contributed by atoms with Crippen LogP contribution in [-0.2, 0) is 11.3 Å². The minimum atomic E-state index is 0.0680. The third-order valence-corrected chi connectivity index (χ3v) is 2.92. The summed E-state index contributed by atoms with van der Waals surface area (Å²) in [5, 5.41) is 17.6. The van der Waals surface area contributed by atoms with Crippen molar-refractivity contribution in [1.82, 2.24) is 10.6 Å². The maximum atomic E-state index is 11.5. The summed E-state index contributed by atoms with van der Waals surface area (Å²) >= 11 is 0. The molecule has 1 amide bonds. The van der Waals surface area contributed by atoms with E-state index in [-0.39, 0.29) is 11.7 Å². The van der Waals surface area contributed by atoms with Crippen LogP contribution in [0.1, 0.15) is 31.4 Å². The summed E-state index contributed by atoms with van der Waals surface area (Å²) in [6.07, 6.45) is 0.467. The smallest absolute Gasteiger partial charge is 0.221 e. The van der Waals surface area contributed by atoms with Gasteiger partial charge in [-0.05, 0) is 11.5 Å². The Morgan fingerprint density at radius 1 is 1.33 bits per heavy atom. The van der Waals surface area contributed by atoms with Gasteiger partial charge in [-0.3, -0.25) is 4.79 Å². The monoisotopic (exact) mass is 292 g/mol. The van der Waals surface area contributed by atoms with E-state index in [4.69, 9.17) is 10.9 Å². The molecular formula is C15H24N4O2. The van der Waals surface area contributed by atoms with Crippen LogP contribution < -0.4 is 16.4 Å². The van der Waals surface area contributed by atoms with Crippen molar-refractivity contribution < 1.29 is 10.0 Å². The van der Waals surface area contributed by atoms with Crippen molar-refractivity contribution in [2.75, 3.05) is 13.1 Å². The highest BCUT2D eigenvalue weighted by molar-refractivity contribution is 5.96. The maximum Gasteiger partial charge on any atom is 0.221 e. The third kappa shape index (κ3) is 6.76. The molecule has 21 heavy (non-hydrogen) atoms. The third-order valence-electron chi connectivity index (χ3n) is 2.92.